The zero-order valence-electron chi connectivity index (χ0n) is 4.85. The number of carbonyl (C=O) groups is 1. The molecule has 44 valence electrons. The first-order valence-electron chi connectivity index (χ1n) is 2.71. The van der Waals surface area contributed by atoms with Gasteiger partial charge in [0.2, 0.25) is 0 Å². The van der Waals surface area contributed by atoms with Gasteiger partial charge in [0.25, 0.3) is 0 Å². The smallest absolute Gasteiger partial charge is 0.150 e. The summed E-state index contributed by atoms with van der Waals surface area (Å²) in [5.74, 6) is 0.193. The Morgan fingerprint density at radius 2 is 2.62 bits per heavy atom. The van der Waals surface area contributed by atoms with Crippen molar-refractivity contribution in [3.8, 4) is 0 Å². The molecule has 2 heteroatoms. The third-order valence-corrected chi connectivity index (χ3v) is 1.22. The summed E-state index contributed by atoms with van der Waals surface area (Å²) in [6.07, 6.45) is 3.86. The van der Waals surface area contributed by atoms with Crippen molar-refractivity contribution in [2.45, 2.75) is 13.0 Å². The van der Waals surface area contributed by atoms with Crippen LogP contribution in [0.4, 0.5) is 0 Å². The molecule has 0 fully saturated rings. The predicted octanol–water partition coefficient (Wildman–Crippen LogP) is 0.103. The standard InChI is InChI=1S/C6H9NO/c1-5(8)6-3-2-4-7-6/h2-3,6-7H,4H2,1H3. The molecule has 8 heavy (non-hydrogen) atoms. The summed E-state index contributed by atoms with van der Waals surface area (Å²) in [7, 11) is 0. The normalized spacial score (nSPS) is 26.4. The number of ketones is 1. The van der Waals surface area contributed by atoms with Gasteiger partial charge in [0.1, 0.15) is 0 Å². The lowest BCUT2D eigenvalue weighted by Gasteiger charge is -2.00. The fourth-order valence-corrected chi connectivity index (χ4v) is 0.746. The fraction of sp³-hybridized carbons (Fsp3) is 0.500. The molecule has 1 N–H and O–H groups in total. The van der Waals surface area contributed by atoms with Crippen LogP contribution in [-0.2, 0) is 4.79 Å². The molecule has 0 aromatic rings. The number of Topliss-reactive ketones (excluding diaryl/α,β-unsaturated/α-hetero) is 1. The van der Waals surface area contributed by atoms with E-state index in [1.165, 1.54) is 0 Å². The molecule has 1 aliphatic heterocycles. The van der Waals surface area contributed by atoms with Gasteiger partial charge in [0.15, 0.2) is 5.78 Å². The maximum atomic E-state index is 10.5. The van der Waals surface area contributed by atoms with Crippen LogP contribution in [0.3, 0.4) is 0 Å². The van der Waals surface area contributed by atoms with Crippen molar-refractivity contribution >= 4 is 5.78 Å². The van der Waals surface area contributed by atoms with Crippen LogP contribution in [0.1, 0.15) is 6.92 Å². The van der Waals surface area contributed by atoms with Crippen molar-refractivity contribution in [2.24, 2.45) is 0 Å². The van der Waals surface area contributed by atoms with E-state index in [1.54, 1.807) is 6.92 Å². The molecule has 0 spiro atoms. The highest BCUT2D eigenvalue weighted by Crippen LogP contribution is 1.94. The van der Waals surface area contributed by atoms with Gasteiger partial charge >= 0.3 is 0 Å². The minimum absolute atomic E-state index is 0.00463. The minimum atomic E-state index is -0.00463. The summed E-state index contributed by atoms with van der Waals surface area (Å²) in [4.78, 5) is 10.5. The molecule has 0 aromatic carbocycles. The van der Waals surface area contributed by atoms with Crippen LogP contribution in [0.25, 0.3) is 0 Å². The Bertz CT molecular complexity index is 128. The number of rotatable bonds is 1. The highest BCUT2D eigenvalue weighted by Gasteiger charge is 2.11. The van der Waals surface area contributed by atoms with Gasteiger partial charge in [-0.05, 0) is 6.92 Å². The van der Waals surface area contributed by atoms with Gasteiger partial charge in [-0.1, -0.05) is 12.2 Å². The lowest BCUT2D eigenvalue weighted by atomic mass is 10.2. The number of carbonyl (C=O) groups excluding carboxylic acids is 1. The second-order valence-electron chi connectivity index (χ2n) is 1.92. The van der Waals surface area contributed by atoms with Crippen molar-refractivity contribution in [1.29, 1.82) is 0 Å². The molecule has 0 aromatic heterocycles. The lowest BCUT2D eigenvalue weighted by Crippen LogP contribution is -2.28. The van der Waals surface area contributed by atoms with Crippen LogP contribution in [0, 0.1) is 0 Å². The number of hydrogen-bond acceptors (Lipinski definition) is 2. The molecule has 0 aliphatic carbocycles. The van der Waals surface area contributed by atoms with Crippen LogP contribution >= 0.6 is 0 Å². The molecule has 0 saturated heterocycles. The molecule has 0 saturated carbocycles. The molecule has 1 aliphatic rings. The maximum absolute atomic E-state index is 10.5. The Morgan fingerprint density at radius 3 is 2.88 bits per heavy atom. The Hall–Kier alpha value is -0.630. The molecule has 0 amide bonds. The molecule has 1 atom stereocenters. The van der Waals surface area contributed by atoms with Crippen LogP contribution in [0.15, 0.2) is 12.2 Å². The Kier molecular flexibility index (Phi) is 1.44. The van der Waals surface area contributed by atoms with Crippen molar-refractivity contribution in [3.63, 3.8) is 0 Å². The summed E-state index contributed by atoms with van der Waals surface area (Å²) < 4.78 is 0. The second-order valence-corrected chi connectivity index (χ2v) is 1.92. The van der Waals surface area contributed by atoms with E-state index < -0.39 is 0 Å². The van der Waals surface area contributed by atoms with Gasteiger partial charge in [-0.3, -0.25) is 4.79 Å². The largest absolute Gasteiger partial charge is 0.301 e. The fourth-order valence-electron chi connectivity index (χ4n) is 0.746. The quantitative estimate of drug-likeness (QED) is 0.486. The zero-order valence-corrected chi connectivity index (χ0v) is 4.85. The Labute approximate surface area is 48.6 Å². The van der Waals surface area contributed by atoms with Crippen molar-refractivity contribution in [2.75, 3.05) is 6.54 Å². The van der Waals surface area contributed by atoms with E-state index in [-0.39, 0.29) is 11.8 Å². The van der Waals surface area contributed by atoms with Crippen LogP contribution in [0.5, 0.6) is 0 Å². The van der Waals surface area contributed by atoms with Crippen LogP contribution in [0.2, 0.25) is 0 Å². The molecular weight excluding hydrogens is 102 g/mol. The first kappa shape index (κ1) is 5.51. The van der Waals surface area contributed by atoms with Crippen LogP contribution in [-0.4, -0.2) is 18.4 Å². The third-order valence-electron chi connectivity index (χ3n) is 1.22. The topological polar surface area (TPSA) is 29.1 Å². The Balaban J connectivity index is 2.48. The first-order valence-corrected chi connectivity index (χ1v) is 2.71. The third kappa shape index (κ3) is 0.954. The average Bonchev–Trinajstić information content (AvgIpc) is 2.12. The Morgan fingerprint density at radius 1 is 1.88 bits per heavy atom. The zero-order chi connectivity index (χ0) is 5.98. The van der Waals surface area contributed by atoms with E-state index in [4.69, 9.17) is 0 Å². The van der Waals surface area contributed by atoms with E-state index >= 15 is 0 Å². The highest BCUT2D eigenvalue weighted by molar-refractivity contribution is 5.83. The SMILES string of the molecule is CC(=O)C1C=CCN1. The molecule has 1 heterocycles. The maximum Gasteiger partial charge on any atom is 0.150 e. The van der Waals surface area contributed by atoms with Gasteiger partial charge in [-0.2, -0.15) is 0 Å². The summed E-state index contributed by atoms with van der Waals surface area (Å²) in [5.41, 5.74) is 0. The monoisotopic (exact) mass is 111 g/mol. The van der Waals surface area contributed by atoms with Gasteiger partial charge in [0, 0.05) is 6.54 Å². The molecule has 1 unspecified atom stereocenters. The molecule has 0 radical (unpaired) electrons. The van der Waals surface area contributed by atoms with Gasteiger partial charge in [-0.15, -0.1) is 0 Å². The summed E-state index contributed by atoms with van der Waals surface area (Å²) in [5, 5.41) is 3.00. The molecule has 0 bridgehead atoms. The highest BCUT2D eigenvalue weighted by atomic mass is 16.1. The predicted molar refractivity (Wildman–Crippen MR) is 31.6 cm³/mol. The number of hydrogen-bond donors (Lipinski definition) is 1. The van der Waals surface area contributed by atoms with Crippen molar-refractivity contribution in [1.82, 2.24) is 5.32 Å². The van der Waals surface area contributed by atoms with Gasteiger partial charge in [-0.25, -0.2) is 0 Å². The van der Waals surface area contributed by atoms with E-state index in [0.29, 0.717) is 0 Å². The lowest BCUT2D eigenvalue weighted by molar-refractivity contribution is -0.117. The molecule has 2 nitrogen and oxygen atoms in total. The van der Waals surface area contributed by atoms with E-state index in [1.807, 2.05) is 12.2 Å². The first-order chi connectivity index (χ1) is 3.80. The van der Waals surface area contributed by atoms with Gasteiger partial charge in [0.05, 0.1) is 6.04 Å². The summed E-state index contributed by atoms with van der Waals surface area (Å²) in [6.45, 7) is 2.43. The summed E-state index contributed by atoms with van der Waals surface area (Å²) >= 11 is 0. The van der Waals surface area contributed by atoms with Crippen molar-refractivity contribution in [3.05, 3.63) is 12.2 Å². The average molecular weight is 111 g/mol. The van der Waals surface area contributed by atoms with E-state index in [0.717, 1.165) is 6.54 Å². The minimum Gasteiger partial charge on any atom is -0.301 e. The second kappa shape index (κ2) is 2.09. The van der Waals surface area contributed by atoms with Gasteiger partial charge < -0.3 is 5.32 Å². The van der Waals surface area contributed by atoms with E-state index in [2.05, 4.69) is 5.32 Å². The molecular formula is C6H9NO. The summed E-state index contributed by atoms with van der Waals surface area (Å²) in [6, 6.07) is -0.00463. The van der Waals surface area contributed by atoms with Crippen molar-refractivity contribution < 1.29 is 4.79 Å². The van der Waals surface area contributed by atoms with Crippen LogP contribution < -0.4 is 5.32 Å². The van der Waals surface area contributed by atoms with E-state index in [9.17, 15) is 4.79 Å². The molecule has 1 rings (SSSR count). The number of nitrogens with one attached hydrogen (secondary N) is 1.